The third kappa shape index (κ3) is 6.13. The molecule has 1 saturated carbocycles. The second-order valence-electron chi connectivity index (χ2n) is 7.31. The molecular formula is C20H33N5OS. The van der Waals surface area contributed by atoms with Gasteiger partial charge in [-0.1, -0.05) is 19.3 Å². The van der Waals surface area contributed by atoms with Gasteiger partial charge >= 0.3 is 0 Å². The number of rotatable bonds is 6. The molecule has 7 heteroatoms. The summed E-state index contributed by atoms with van der Waals surface area (Å²) in [7, 11) is 0. The highest BCUT2D eigenvalue weighted by Gasteiger charge is 2.20. The Morgan fingerprint density at radius 3 is 2.67 bits per heavy atom. The second kappa shape index (κ2) is 10.5. The molecule has 0 atom stereocenters. The van der Waals surface area contributed by atoms with E-state index < -0.39 is 0 Å². The van der Waals surface area contributed by atoms with Crippen LogP contribution in [-0.2, 0) is 4.79 Å². The molecule has 1 saturated heterocycles. The molecule has 0 aromatic carbocycles. The molecule has 0 unspecified atom stereocenters. The highest BCUT2D eigenvalue weighted by Crippen LogP contribution is 2.22. The molecule has 0 radical (unpaired) electrons. The fraction of sp³-hybridized carbons (Fsp3) is 0.700. The maximum absolute atomic E-state index is 12.2. The topological polar surface area (TPSA) is 60.0 Å². The van der Waals surface area contributed by atoms with Crippen LogP contribution in [0.5, 0.6) is 0 Å². The van der Waals surface area contributed by atoms with Gasteiger partial charge in [-0.15, -0.1) is 11.3 Å². The molecule has 27 heavy (non-hydrogen) atoms. The van der Waals surface area contributed by atoms with Gasteiger partial charge in [0.05, 0.1) is 11.5 Å². The molecular weight excluding hydrogens is 358 g/mol. The van der Waals surface area contributed by atoms with Crippen LogP contribution < -0.4 is 15.5 Å². The Hall–Kier alpha value is -1.76. The molecule has 1 amide bonds. The monoisotopic (exact) mass is 391 g/mol. The van der Waals surface area contributed by atoms with Gasteiger partial charge in [0.25, 0.3) is 0 Å². The molecule has 2 heterocycles. The Bertz CT molecular complexity index is 590. The molecule has 1 aromatic heterocycles. The summed E-state index contributed by atoms with van der Waals surface area (Å²) in [5, 5.41) is 10.0. The summed E-state index contributed by atoms with van der Waals surface area (Å²) < 4.78 is 0. The zero-order valence-corrected chi connectivity index (χ0v) is 17.3. The van der Waals surface area contributed by atoms with Gasteiger partial charge in [0.2, 0.25) is 5.91 Å². The molecule has 3 rings (SSSR count). The molecule has 1 aliphatic heterocycles. The maximum Gasteiger partial charge on any atom is 0.222 e. The van der Waals surface area contributed by atoms with E-state index in [-0.39, 0.29) is 5.91 Å². The number of anilines is 1. The minimum Gasteiger partial charge on any atom is -0.360 e. The Kier molecular flexibility index (Phi) is 7.80. The van der Waals surface area contributed by atoms with Crippen molar-refractivity contribution in [3.63, 3.8) is 0 Å². The SMILES string of the molecule is CCNC(=NCCC(=O)NC1CCCCC1)N1CCN(c2cccs2)CC1. The number of amides is 1. The van der Waals surface area contributed by atoms with Crippen molar-refractivity contribution in [1.82, 2.24) is 15.5 Å². The maximum atomic E-state index is 12.2. The van der Waals surface area contributed by atoms with Crippen LogP contribution in [0, 0.1) is 0 Å². The van der Waals surface area contributed by atoms with Crippen molar-refractivity contribution >= 4 is 28.2 Å². The third-order valence-corrected chi connectivity index (χ3v) is 6.23. The molecule has 0 bridgehead atoms. The lowest BCUT2D eigenvalue weighted by atomic mass is 9.95. The highest BCUT2D eigenvalue weighted by atomic mass is 32.1. The van der Waals surface area contributed by atoms with Crippen molar-refractivity contribution < 1.29 is 4.79 Å². The van der Waals surface area contributed by atoms with Gasteiger partial charge in [0.1, 0.15) is 0 Å². The minimum atomic E-state index is 0.143. The van der Waals surface area contributed by atoms with Crippen LogP contribution >= 0.6 is 11.3 Å². The molecule has 1 aliphatic carbocycles. The zero-order valence-electron chi connectivity index (χ0n) is 16.5. The number of piperazine rings is 1. The van der Waals surface area contributed by atoms with E-state index in [2.05, 4.69) is 44.9 Å². The fourth-order valence-corrected chi connectivity index (χ4v) is 4.61. The largest absolute Gasteiger partial charge is 0.360 e. The quantitative estimate of drug-likeness (QED) is 0.578. The number of nitrogens with zero attached hydrogens (tertiary/aromatic N) is 3. The van der Waals surface area contributed by atoms with Crippen molar-refractivity contribution in [1.29, 1.82) is 0 Å². The Labute approximate surface area is 167 Å². The first kappa shape index (κ1) is 20.0. The molecule has 6 nitrogen and oxygen atoms in total. The Balaban J connectivity index is 1.44. The first-order valence-corrected chi connectivity index (χ1v) is 11.3. The van der Waals surface area contributed by atoms with E-state index in [1.807, 2.05) is 0 Å². The number of carbonyl (C=O) groups excluding carboxylic acids is 1. The lowest BCUT2D eigenvalue weighted by Gasteiger charge is -2.37. The van der Waals surface area contributed by atoms with E-state index in [0.29, 0.717) is 19.0 Å². The second-order valence-corrected chi connectivity index (χ2v) is 8.24. The summed E-state index contributed by atoms with van der Waals surface area (Å²) in [5.74, 6) is 1.08. The van der Waals surface area contributed by atoms with Crippen LogP contribution in [0.3, 0.4) is 0 Å². The summed E-state index contributed by atoms with van der Waals surface area (Å²) in [6.07, 6.45) is 6.53. The van der Waals surface area contributed by atoms with Crippen LogP contribution in [0.1, 0.15) is 45.4 Å². The van der Waals surface area contributed by atoms with E-state index in [4.69, 9.17) is 4.99 Å². The summed E-state index contributed by atoms with van der Waals surface area (Å²) in [4.78, 5) is 21.6. The lowest BCUT2D eigenvalue weighted by Crippen LogP contribution is -2.52. The van der Waals surface area contributed by atoms with Crippen LogP contribution in [0.15, 0.2) is 22.5 Å². The van der Waals surface area contributed by atoms with Gasteiger partial charge in [-0.05, 0) is 37.3 Å². The summed E-state index contributed by atoms with van der Waals surface area (Å²) >= 11 is 1.80. The van der Waals surface area contributed by atoms with Crippen molar-refractivity contribution in [3.05, 3.63) is 17.5 Å². The average molecular weight is 392 g/mol. The Morgan fingerprint density at radius 1 is 1.22 bits per heavy atom. The number of carbonyl (C=O) groups is 1. The standard InChI is InChI=1S/C20H33N5OS/c1-2-21-20(22-11-10-18(26)23-17-7-4-3-5-8-17)25-14-12-24(13-15-25)19-9-6-16-27-19/h6,9,16-17H,2-5,7-8,10-15H2,1H3,(H,21,22)(H,23,26). The van der Waals surface area contributed by atoms with Crippen LogP contribution in [0.4, 0.5) is 5.00 Å². The predicted octanol–water partition coefficient (Wildman–Crippen LogP) is 2.67. The third-order valence-electron chi connectivity index (χ3n) is 5.30. The van der Waals surface area contributed by atoms with Crippen molar-refractivity contribution in [2.24, 2.45) is 4.99 Å². The summed E-state index contributed by atoms with van der Waals surface area (Å²) in [6, 6.07) is 4.68. The minimum absolute atomic E-state index is 0.143. The first-order valence-electron chi connectivity index (χ1n) is 10.4. The van der Waals surface area contributed by atoms with E-state index >= 15 is 0 Å². The predicted molar refractivity (Wildman–Crippen MR) is 114 cm³/mol. The van der Waals surface area contributed by atoms with Crippen molar-refractivity contribution in [2.75, 3.05) is 44.2 Å². The molecule has 2 fully saturated rings. The van der Waals surface area contributed by atoms with Crippen LogP contribution in [0.2, 0.25) is 0 Å². The van der Waals surface area contributed by atoms with Crippen molar-refractivity contribution in [2.45, 2.75) is 51.5 Å². The highest BCUT2D eigenvalue weighted by molar-refractivity contribution is 7.14. The molecule has 0 spiro atoms. The van der Waals surface area contributed by atoms with Gasteiger partial charge in [0, 0.05) is 45.2 Å². The van der Waals surface area contributed by atoms with Gasteiger partial charge < -0.3 is 20.4 Å². The number of hydrogen-bond donors (Lipinski definition) is 2. The first-order chi connectivity index (χ1) is 13.3. The van der Waals surface area contributed by atoms with E-state index in [1.165, 1.54) is 24.3 Å². The van der Waals surface area contributed by atoms with Crippen LogP contribution in [0.25, 0.3) is 0 Å². The number of guanidine groups is 1. The molecule has 2 aliphatic rings. The zero-order chi connectivity index (χ0) is 18.9. The molecule has 2 N–H and O–H groups in total. The number of hydrogen-bond acceptors (Lipinski definition) is 4. The van der Waals surface area contributed by atoms with Gasteiger partial charge in [0.15, 0.2) is 5.96 Å². The Morgan fingerprint density at radius 2 is 2.00 bits per heavy atom. The molecule has 1 aromatic rings. The number of nitrogens with one attached hydrogen (secondary N) is 2. The normalized spacial score (nSPS) is 19.2. The summed E-state index contributed by atoms with van der Waals surface area (Å²) in [5.41, 5.74) is 0. The van der Waals surface area contributed by atoms with Gasteiger partial charge in [-0.2, -0.15) is 0 Å². The fourth-order valence-electron chi connectivity index (χ4n) is 3.82. The van der Waals surface area contributed by atoms with E-state index in [0.717, 1.165) is 51.5 Å². The number of thiophene rings is 1. The van der Waals surface area contributed by atoms with Crippen LogP contribution in [-0.4, -0.2) is 62.1 Å². The van der Waals surface area contributed by atoms with Gasteiger partial charge in [-0.3, -0.25) is 9.79 Å². The van der Waals surface area contributed by atoms with E-state index in [9.17, 15) is 4.79 Å². The van der Waals surface area contributed by atoms with E-state index in [1.54, 1.807) is 11.3 Å². The summed E-state index contributed by atoms with van der Waals surface area (Å²) in [6.45, 7) is 7.41. The van der Waals surface area contributed by atoms with Gasteiger partial charge in [-0.25, -0.2) is 0 Å². The smallest absolute Gasteiger partial charge is 0.222 e. The lowest BCUT2D eigenvalue weighted by molar-refractivity contribution is -0.121. The average Bonchev–Trinajstić information content (AvgIpc) is 3.23. The molecule has 150 valence electrons. The van der Waals surface area contributed by atoms with Crippen molar-refractivity contribution in [3.8, 4) is 0 Å². The number of aliphatic imine (C=N–C) groups is 1.